The van der Waals surface area contributed by atoms with Crippen molar-refractivity contribution in [2.45, 2.75) is 0 Å². The molecule has 1 N–H and O–H groups in total. The fourth-order valence-corrected chi connectivity index (χ4v) is 1.65. The zero-order valence-corrected chi connectivity index (χ0v) is 10.2. The summed E-state index contributed by atoms with van der Waals surface area (Å²) >= 11 is 3.39. The van der Waals surface area contributed by atoms with E-state index in [4.69, 9.17) is 0 Å². The number of hydrogen-bond donors (Lipinski definition) is 1. The highest BCUT2D eigenvalue weighted by Crippen LogP contribution is 2.19. The maximum Gasteiger partial charge on any atom is 0.122 e. The molecule has 2 rings (SSSR count). The molecule has 16 heavy (non-hydrogen) atoms. The van der Waals surface area contributed by atoms with Gasteiger partial charge in [0.25, 0.3) is 0 Å². The first-order chi connectivity index (χ1) is 7.75. The number of phenols is 1. The lowest BCUT2D eigenvalue weighted by molar-refractivity contribution is 0.474. The van der Waals surface area contributed by atoms with Crippen LogP contribution in [-0.4, -0.2) is 5.11 Å². The van der Waals surface area contributed by atoms with Crippen molar-refractivity contribution >= 4 is 28.1 Å². The molecule has 0 amide bonds. The summed E-state index contributed by atoms with van der Waals surface area (Å²) in [4.78, 5) is 0. The van der Waals surface area contributed by atoms with Gasteiger partial charge >= 0.3 is 0 Å². The molecule has 0 atom stereocenters. The van der Waals surface area contributed by atoms with Crippen LogP contribution >= 0.6 is 15.9 Å². The monoisotopic (exact) mass is 274 g/mol. The van der Waals surface area contributed by atoms with E-state index in [9.17, 15) is 5.11 Å². The minimum atomic E-state index is 0.302. The number of halogens is 1. The highest BCUT2D eigenvalue weighted by molar-refractivity contribution is 9.10. The molecule has 0 aliphatic carbocycles. The van der Waals surface area contributed by atoms with Crippen LogP contribution in [0.5, 0.6) is 5.75 Å². The number of benzene rings is 2. The summed E-state index contributed by atoms with van der Waals surface area (Å²) in [5, 5.41) is 9.57. The number of para-hydroxylation sites is 1. The van der Waals surface area contributed by atoms with Crippen LogP contribution < -0.4 is 0 Å². The van der Waals surface area contributed by atoms with Crippen LogP contribution in [0.2, 0.25) is 0 Å². The Labute approximate surface area is 103 Å². The van der Waals surface area contributed by atoms with Crippen molar-refractivity contribution in [2.24, 2.45) is 0 Å². The van der Waals surface area contributed by atoms with Gasteiger partial charge in [0.1, 0.15) is 5.75 Å². The van der Waals surface area contributed by atoms with Crippen molar-refractivity contribution in [1.29, 1.82) is 0 Å². The Hall–Kier alpha value is -1.54. The second-order valence-corrected chi connectivity index (χ2v) is 4.36. The second-order valence-electron chi connectivity index (χ2n) is 3.44. The predicted octanol–water partition coefficient (Wildman–Crippen LogP) is 4.33. The average molecular weight is 275 g/mol. The number of hydrogen-bond acceptors (Lipinski definition) is 1. The summed E-state index contributed by atoms with van der Waals surface area (Å²) in [7, 11) is 0. The van der Waals surface area contributed by atoms with Crippen LogP contribution in [0.1, 0.15) is 11.1 Å². The maximum atomic E-state index is 9.57. The predicted molar refractivity (Wildman–Crippen MR) is 71.2 cm³/mol. The summed E-state index contributed by atoms with van der Waals surface area (Å²) in [6.07, 6.45) is 3.88. The Balaban J connectivity index is 2.21. The van der Waals surface area contributed by atoms with E-state index in [1.165, 1.54) is 0 Å². The SMILES string of the molecule is Oc1ccccc1/C=C/c1ccc(Br)cc1. The molecule has 0 aromatic heterocycles. The van der Waals surface area contributed by atoms with Gasteiger partial charge in [-0.3, -0.25) is 0 Å². The first kappa shape index (κ1) is 11.0. The largest absolute Gasteiger partial charge is 0.507 e. The van der Waals surface area contributed by atoms with Crippen molar-refractivity contribution in [1.82, 2.24) is 0 Å². The van der Waals surface area contributed by atoms with E-state index in [0.29, 0.717) is 5.75 Å². The average Bonchev–Trinajstić information content (AvgIpc) is 2.30. The molecule has 0 heterocycles. The number of phenolic OH excluding ortho intramolecular Hbond substituents is 1. The molecular formula is C14H11BrO. The van der Waals surface area contributed by atoms with E-state index < -0.39 is 0 Å². The lowest BCUT2D eigenvalue weighted by Crippen LogP contribution is -1.74. The first-order valence-electron chi connectivity index (χ1n) is 4.97. The van der Waals surface area contributed by atoms with Gasteiger partial charge in [-0.15, -0.1) is 0 Å². The zero-order chi connectivity index (χ0) is 11.4. The number of rotatable bonds is 2. The van der Waals surface area contributed by atoms with Gasteiger partial charge in [-0.1, -0.05) is 58.4 Å². The lowest BCUT2D eigenvalue weighted by Gasteiger charge is -1.97. The van der Waals surface area contributed by atoms with Crippen molar-refractivity contribution in [2.75, 3.05) is 0 Å². The van der Waals surface area contributed by atoms with E-state index in [0.717, 1.165) is 15.6 Å². The normalized spacial score (nSPS) is 10.8. The van der Waals surface area contributed by atoms with Crippen LogP contribution in [0, 0.1) is 0 Å². The quantitative estimate of drug-likeness (QED) is 0.809. The van der Waals surface area contributed by atoms with Crippen LogP contribution in [0.15, 0.2) is 53.0 Å². The van der Waals surface area contributed by atoms with Crippen molar-refractivity contribution in [3.05, 3.63) is 64.1 Å². The first-order valence-corrected chi connectivity index (χ1v) is 5.76. The molecule has 2 heteroatoms. The molecule has 2 aromatic rings. The van der Waals surface area contributed by atoms with Gasteiger partial charge in [-0.25, -0.2) is 0 Å². The molecule has 0 saturated carbocycles. The third-order valence-electron chi connectivity index (χ3n) is 2.26. The molecular weight excluding hydrogens is 264 g/mol. The third-order valence-corrected chi connectivity index (χ3v) is 2.79. The molecule has 0 saturated heterocycles. The topological polar surface area (TPSA) is 20.2 Å². The summed E-state index contributed by atoms with van der Waals surface area (Å²) in [6.45, 7) is 0. The molecule has 0 unspecified atom stereocenters. The fraction of sp³-hybridized carbons (Fsp3) is 0. The molecule has 80 valence electrons. The van der Waals surface area contributed by atoms with Gasteiger partial charge in [0.15, 0.2) is 0 Å². The van der Waals surface area contributed by atoms with Crippen LogP contribution in [0.25, 0.3) is 12.2 Å². The van der Waals surface area contributed by atoms with Crippen LogP contribution in [-0.2, 0) is 0 Å². The number of aromatic hydroxyl groups is 1. The Kier molecular flexibility index (Phi) is 3.42. The molecule has 1 nitrogen and oxygen atoms in total. The standard InChI is InChI=1S/C14H11BrO/c15-13-9-6-11(7-10-13)5-8-12-3-1-2-4-14(12)16/h1-10,16H/b8-5+. The highest BCUT2D eigenvalue weighted by Gasteiger charge is 1.93. The summed E-state index contributed by atoms with van der Waals surface area (Å²) in [5.41, 5.74) is 1.93. The van der Waals surface area contributed by atoms with E-state index in [1.54, 1.807) is 6.07 Å². The van der Waals surface area contributed by atoms with Gasteiger partial charge < -0.3 is 5.11 Å². The maximum absolute atomic E-state index is 9.57. The molecule has 0 spiro atoms. The van der Waals surface area contributed by atoms with Crippen molar-refractivity contribution in [3.63, 3.8) is 0 Å². The summed E-state index contributed by atoms with van der Waals surface area (Å²) in [5.74, 6) is 0.302. The smallest absolute Gasteiger partial charge is 0.122 e. The Bertz CT molecular complexity index is 500. The van der Waals surface area contributed by atoms with E-state index in [2.05, 4.69) is 15.9 Å². The van der Waals surface area contributed by atoms with E-state index in [-0.39, 0.29) is 0 Å². The lowest BCUT2D eigenvalue weighted by atomic mass is 10.1. The van der Waals surface area contributed by atoms with E-state index in [1.807, 2.05) is 54.6 Å². The Morgan fingerprint density at radius 2 is 1.56 bits per heavy atom. The van der Waals surface area contributed by atoms with Gasteiger partial charge in [0, 0.05) is 10.0 Å². The molecule has 0 radical (unpaired) electrons. The van der Waals surface area contributed by atoms with Gasteiger partial charge in [0.2, 0.25) is 0 Å². The zero-order valence-electron chi connectivity index (χ0n) is 8.60. The van der Waals surface area contributed by atoms with Crippen molar-refractivity contribution in [3.8, 4) is 5.75 Å². The summed E-state index contributed by atoms with van der Waals surface area (Å²) < 4.78 is 1.06. The minimum absolute atomic E-state index is 0.302. The molecule has 0 aliphatic rings. The molecule has 0 fully saturated rings. The highest BCUT2D eigenvalue weighted by atomic mass is 79.9. The van der Waals surface area contributed by atoms with Gasteiger partial charge in [-0.05, 0) is 23.8 Å². The minimum Gasteiger partial charge on any atom is -0.507 e. The fourth-order valence-electron chi connectivity index (χ4n) is 1.39. The summed E-state index contributed by atoms with van der Waals surface area (Å²) in [6, 6.07) is 15.3. The van der Waals surface area contributed by atoms with E-state index >= 15 is 0 Å². The molecule has 0 aliphatic heterocycles. The van der Waals surface area contributed by atoms with Gasteiger partial charge in [0.05, 0.1) is 0 Å². The van der Waals surface area contributed by atoms with Gasteiger partial charge in [-0.2, -0.15) is 0 Å². The molecule has 2 aromatic carbocycles. The van der Waals surface area contributed by atoms with Crippen LogP contribution in [0.3, 0.4) is 0 Å². The molecule has 0 bridgehead atoms. The Morgan fingerprint density at radius 1 is 0.875 bits per heavy atom. The second kappa shape index (κ2) is 4.99. The van der Waals surface area contributed by atoms with Crippen LogP contribution in [0.4, 0.5) is 0 Å². The third kappa shape index (κ3) is 2.74. The van der Waals surface area contributed by atoms with Crippen molar-refractivity contribution < 1.29 is 5.11 Å². The Morgan fingerprint density at radius 3 is 2.25 bits per heavy atom.